The number of amidine groups is 1. The largest absolute Gasteiger partial charge is 0.368 e. The summed E-state index contributed by atoms with van der Waals surface area (Å²) in [5.74, 6) is 3.75. The average molecular weight is 462 g/mol. The molecule has 5 saturated carbocycles. The van der Waals surface area contributed by atoms with Gasteiger partial charge in [-0.05, 0) is 105 Å². The third kappa shape index (κ3) is 3.33. The molecule has 1 aromatic rings. The van der Waals surface area contributed by atoms with Crippen molar-refractivity contribution in [1.29, 1.82) is 0 Å². The number of anilines is 1. The number of aliphatic imine (C=N–C) groups is 2. The van der Waals surface area contributed by atoms with Crippen LogP contribution in [0.1, 0.15) is 83.6 Å². The molecule has 1 aliphatic heterocycles. The fourth-order valence-electron chi connectivity index (χ4n) is 8.48. The van der Waals surface area contributed by atoms with Crippen LogP contribution in [-0.2, 0) is 6.42 Å². The van der Waals surface area contributed by atoms with E-state index in [1.807, 2.05) is 0 Å². The third-order valence-electron chi connectivity index (χ3n) is 10.7. The quantitative estimate of drug-likeness (QED) is 0.419. The Morgan fingerprint density at radius 3 is 2.56 bits per heavy atom. The van der Waals surface area contributed by atoms with Crippen LogP contribution in [0.3, 0.4) is 0 Å². The molecule has 0 spiro atoms. The van der Waals surface area contributed by atoms with Crippen molar-refractivity contribution < 1.29 is 4.39 Å². The minimum atomic E-state index is -1.11. The van der Waals surface area contributed by atoms with E-state index in [9.17, 15) is 4.39 Å². The first kappa shape index (κ1) is 21.6. The molecule has 1 aromatic carbocycles. The Balaban J connectivity index is 1.15. The molecule has 6 aliphatic rings. The van der Waals surface area contributed by atoms with Gasteiger partial charge in [-0.15, -0.1) is 0 Å². The standard InChI is InChI=1S/C30H40FN3/c1-3-5-21-6-4-7-22(15-21)34(25-14-20(2)23-16-24(23)25)19-28-8-10-29(18-28,11-9-28)27-32-17-26(33-27)30(31)12-13-30/h4,6-7,15,20,23-25H,3,5,8-14,16-19H2,1-2H3. The van der Waals surface area contributed by atoms with Crippen LogP contribution in [0.5, 0.6) is 0 Å². The average Bonchev–Trinajstić information content (AvgIpc) is 3.55. The number of hydrogen-bond acceptors (Lipinski definition) is 3. The van der Waals surface area contributed by atoms with Crippen LogP contribution in [-0.4, -0.2) is 36.3 Å². The first-order valence-electron chi connectivity index (χ1n) is 14.1. The fourth-order valence-corrected chi connectivity index (χ4v) is 8.48. The van der Waals surface area contributed by atoms with Crippen LogP contribution in [0.15, 0.2) is 34.3 Å². The molecule has 3 nitrogen and oxygen atoms in total. The topological polar surface area (TPSA) is 28.0 Å². The molecule has 4 atom stereocenters. The highest BCUT2D eigenvalue weighted by Gasteiger charge is 2.60. The Morgan fingerprint density at radius 1 is 1.06 bits per heavy atom. The Labute approximate surface area is 204 Å². The number of hydrogen-bond donors (Lipinski definition) is 0. The van der Waals surface area contributed by atoms with Crippen molar-refractivity contribution in [2.75, 3.05) is 18.0 Å². The van der Waals surface area contributed by atoms with Crippen molar-refractivity contribution in [2.24, 2.45) is 38.6 Å². The first-order chi connectivity index (χ1) is 16.4. The van der Waals surface area contributed by atoms with Gasteiger partial charge in [-0.3, -0.25) is 4.99 Å². The molecule has 5 fully saturated rings. The zero-order chi connectivity index (χ0) is 23.1. The van der Waals surface area contributed by atoms with Gasteiger partial charge in [0, 0.05) is 23.7 Å². The number of alkyl halides is 1. The van der Waals surface area contributed by atoms with E-state index in [2.05, 4.69) is 43.0 Å². The van der Waals surface area contributed by atoms with E-state index in [1.165, 1.54) is 75.6 Å². The number of fused-ring (bicyclic) bond motifs is 3. The van der Waals surface area contributed by atoms with Crippen LogP contribution in [0.25, 0.3) is 0 Å². The molecule has 7 rings (SSSR count). The van der Waals surface area contributed by atoms with E-state index in [-0.39, 0.29) is 5.41 Å². The SMILES string of the molecule is CCCc1cccc(N(CC23CCC(C4=NCC(C5(F)CC5)=N4)(CC2)C3)C2CC(C)C3CC32)c1. The van der Waals surface area contributed by atoms with Gasteiger partial charge in [0.15, 0.2) is 5.67 Å². The zero-order valence-corrected chi connectivity index (χ0v) is 21.0. The highest BCUT2D eigenvalue weighted by atomic mass is 19.1. The number of rotatable bonds is 8. The van der Waals surface area contributed by atoms with Crippen molar-refractivity contribution in [3.63, 3.8) is 0 Å². The summed E-state index contributed by atoms with van der Waals surface area (Å²) in [4.78, 5) is 12.6. The molecule has 0 saturated heterocycles. The second kappa shape index (κ2) is 7.40. The second-order valence-electron chi connectivity index (χ2n) is 13.0. The van der Waals surface area contributed by atoms with Crippen molar-refractivity contribution in [1.82, 2.24) is 0 Å². The van der Waals surface area contributed by atoms with Crippen molar-refractivity contribution in [2.45, 2.75) is 96.2 Å². The van der Waals surface area contributed by atoms with E-state index >= 15 is 0 Å². The predicted octanol–water partition coefficient (Wildman–Crippen LogP) is 6.80. The van der Waals surface area contributed by atoms with Crippen LogP contribution >= 0.6 is 0 Å². The molecular weight excluding hydrogens is 421 g/mol. The van der Waals surface area contributed by atoms with Gasteiger partial charge in [-0.2, -0.15) is 0 Å². The lowest BCUT2D eigenvalue weighted by Gasteiger charge is -2.40. The summed E-state index contributed by atoms with van der Waals surface area (Å²) >= 11 is 0. The van der Waals surface area contributed by atoms with Gasteiger partial charge in [-0.25, -0.2) is 9.38 Å². The predicted molar refractivity (Wildman–Crippen MR) is 138 cm³/mol. The van der Waals surface area contributed by atoms with Gasteiger partial charge in [0.05, 0.1) is 12.3 Å². The van der Waals surface area contributed by atoms with Crippen molar-refractivity contribution in [3.8, 4) is 0 Å². The fraction of sp³-hybridized carbons (Fsp3) is 0.733. The van der Waals surface area contributed by atoms with Gasteiger partial charge in [0.2, 0.25) is 0 Å². The highest BCUT2D eigenvalue weighted by Crippen LogP contribution is 2.64. The summed E-state index contributed by atoms with van der Waals surface area (Å²) in [5, 5.41) is 0. The van der Waals surface area contributed by atoms with Crippen molar-refractivity contribution >= 4 is 17.2 Å². The van der Waals surface area contributed by atoms with Gasteiger partial charge >= 0.3 is 0 Å². The summed E-state index contributed by atoms with van der Waals surface area (Å²) < 4.78 is 14.7. The minimum absolute atomic E-state index is 0.119. The van der Waals surface area contributed by atoms with Crippen LogP contribution in [0.4, 0.5) is 10.1 Å². The molecule has 182 valence electrons. The molecule has 0 radical (unpaired) electrons. The van der Waals surface area contributed by atoms with E-state index in [4.69, 9.17) is 9.98 Å². The number of nitrogens with zero attached hydrogens (tertiary/aromatic N) is 3. The first-order valence-corrected chi connectivity index (χ1v) is 14.1. The normalized spacial score (nSPS) is 40.8. The Hall–Kier alpha value is -1.71. The van der Waals surface area contributed by atoms with Crippen LogP contribution in [0, 0.1) is 28.6 Å². The van der Waals surface area contributed by atoms with Crippen LogP contribution < -0.4 is 4.90 Å². The molecular formula is C30H40FN3. The Kier molecular flexibility index (Phi) is 4.69. The maximum atomic E-state index is 14.7. The Bertz CT molecular complexity index is 1040. The lowest BCUT2D eigenvalue weighted by molar-refractivity contribution is 0.282. The van der Waals surface area contributed by atoms with Gasteiger partial charge in [-0.1, -0.05) is 32.4 Å². The summed E-state index contributed by atoms with van der Waals surface area (Å²) in [5.41, 5.74) is 3.04. The van der Waals surface area contributed by atoms with E-state index in [0.29, 0.717) is 30.8 Å². The molecule has 5 aliphatic carbocycles. The molecule has 0 amide bonds. The number of aryl methyl sites for hydroxylation is 1. The molecule has 0 N–H and O–H groups in total. The second-order valence-corrected chi connectivity index (χ2v) is 13.0. The molecule has 4 heteroatoms. The molecule has 1 heterocycles. The monoisotopic (exact) mass is 461 g/mol. The zero-order valence-electron chi connectivity index (χ0n) is 21.0. The maximum absolute atomic E-state index is 14.7. The molecule has 0 aromatic heterocycles. The molecule has 2 bridgehead atoms. The third-order valence-corrected chi connectivity index (χ3v) is 10.7. The molecule has 34 heavy (non-hydrogen) atoms. The summed E-state index contributed by atoms with van der Waals surface area (Å²) in [6, 6.07) is 10.2. The minimum Gasteiger partial charge on any atom is -0.368 e. The van der Waals surface area contributed by atoms with E-state index in [0.717, 1.165) is 29.3 Å². The maximum Gasteiger partial charge on any atom is 0.151 e. The van der Waals surface area contributed by atoms with Crippen molar-refractivity contribution in [3.05, 3.63) is 29.8 Å². The lowest BCUT2D eigenvalue weighted by atomic mass is 9.81. The number of halogens is 1. The summed E-state index contributed by atoms with van der Waals surface area (Å²) in [6.45, 7) is 6.46. The number of benzene rings is 1. The van der Waals surface area contributed by atoms with Gasteiger partial charge in [0.1, 0.15) is 5.84 Å². The van der Waals surface area contributed by atoms with Gasteiger partial charge in [0.25, 0.3) is 0 Å². The van der Waals surface area contributed by atoms with E-state index < -0.39 is 5.67 Å². The molecule has 4 unspecified atom stereocenters. The van der Waals surface area contributed by atoms with Gasteiger partial charge < -0.3 is 4.90 Å². The van der Waals surface area contributed by atoms with E-state index in [1.54, 1.807) is 0 Å². The highest BCUT2D eigenvalue weighted by molar-refractivity contribution is 6.11. The smallest absolute Gasteiger partial charge is 0.151 e. The summed E-state index contributed by atoms with van der Waals surface area (Å²) in [6.07, 6.45) is 12.6. The van der Waals surface area contributed by atoms with Crippen LogP contribution in [0.2, 0.25) is 0 Å². The Morgan fingerprint density at radius 2 is 1.88 bits per heavy atom. The summed E-state index contributed by atoms with van der Waals surface area (Å²) in [7, 11) is 0. The lowest BCUT2D eigenvalue weighted by Crippen LogP contribution is -2.43.